The summed E-state index contributed by atoms with van der Waals surface area (Å²) in [4.78, 5) is 13.3. The Morgan fingerprint density at radius 2 is 2.33 bits per heavy atom. The number of H-pyrrole nitrogens is 1. The first-order valence-corrected chi connectivity index (χ1v) is 5.82. The predicted molar refractivity (Wildman–Crippen MR) is 72.3 cm³/mol. The molecule has 96 valence electrons. The summed E-state index contributed by atoms with van der Waals surface area (Å²) in [6.07, 6.45) is 1.71. The molecule has 6 heteroatoms. The number of nitrogen functional groups attached to an aromatic ring is 1. The van der Waals surface area contributed by atoms with E-state index in [1.165, 1.54) is 0 Å². The minimum absolute atomic E-state index is 0.0293. The van der Waals surface area contributed by atoms with E-state index >= 15 is 0 Å². The molecule has 0 atom stereocenters. The minimum atomic E-state index is 0.0293. The number of nitrogens with two attached hydrogens (primary N) is 1. The van der Waals surface area contributed by atoms with Crippen LogP contribution in [0.1, 0.15) is 6.92 Å². The zero-order valence-corrected chi connectivity index (χ0v) is 10.5. The van der Waals surface area contributed by atoms with Crippen molar-refractivity contribution in [3.63, 3.8) is 0 Å². The zero-order valence-electron chi connectivity index (χ0n) is 10.5. The number of anilines is 2. The topological polar surface area (TPSA) is 87.0 Å². The van der Waals surface area contributed by atoms with Gasteiger partial charge in [-0.15, -0.1) is 0 Å². The fraction of sp³-hybridized carbons (Fsp3) is 0.333. The van der Waals surface area contributed by atoms with Gasteiger partial charge in [-0.3, -0.25) is 9.89 Å². The Bertz CT molecular complexity index is 563. The summed E-state index contributed by atoms with van der Waals surface area (Å²) in [7, 11) is 1.77. The Morgan fingerprint density at radius 3 is 3.06 bits per heavy atom. The molecule has 0 bridgehead atoms. The standard InChI is InChI=1S/C12H17N5O/c1-3-17(2)12(18)7-14-11-5-10-8(4-9(11)13)6-15-16-10/h4-6,14H,3,7,13H2,1-2H3,(H,15,16). The van der Waals surface area contributed by atoms with Gasteiger partial charge in [-0.1, -0.05) is 0 Å². The fourth-order valence-corrected chi connectivity index (χ4v) is 1.64. The lowest BCUT2D eigenvalue weighted by molar-refractivity contribution is -0.127. The van der Waals surface area contributed by atoms with Crippen LogP contribution in [0.5, 0.6) is 0 Å². The molecule has 0 saturated heterocycles. The molecule has 0 aliphatic rings. The van der Waals surface area contributed by atoms with E-state index in [9.17, 15) is 4.79 Å². The highest BCUT2D eigenvalue weighted by Gasteiger charge is 2.08. The molecule has 0 unspecified atom stereocenters. The van der Waals surface area contributed by atoms with Gasteiger partial charge in [0, 0.05) is 19.0 Å². The summed E-state index contributed by atoms with van der Waals surface area (Å²) in [5.41, 5.74) is 8.15. The van der Waals surface area contributed by atoms with Crippen molar-refractivity contribution in [3.05, 3.63) is 18.3 Å². The third-order valence-corrected chi connectivity index (χ3v) is 2.94. The average molecular weight is 247 g/mol. The van der Waals surface area contributed by atoms with E-state index < -0.39 is 0 Å². The predicted octanol–water partition coefficient (Wildman–Crippen LogP) is 1.04. The van der Waals surface area contributed by atoms with Crippen molar-refractivity contribution in [1.82, 2.24) is 15.1 Å². The smallest absolute Gasteiger partial charge is 0.241 e. The van der Waals surface area contributed by atoms with Gasteiger partial charge in [-0.25, -0.2) is 0 Å². The molecule has 0 aliphatic heterocycles. The highest BCUT2D eigenvalue weighted by atomic mass is 16.2. The molecule has 2 aromatic rings. The molecule has 1 amide bonds. The number of hydrogen-bond acceptors (Lipinski definition) is 4. The first-order chi connectivity index (χ1) is 8.61. The molecular formula is C12H17N5O. The van der Waals surface area contributed by atoms with Gasteiger partial charge in [-0.05, 0) is 19.1 Å². The number of carbonyl (C=O) groups excluding carboxylic acids is 1. The van der Waals surface area contributed by atoms with Crippen molar-refractivity contribution in [2.24, 2.45) is 0 Å². The van der Waals surface area contributed by atoms with E-state index in [0.717, 1.165) is 16.6 Å². The Morgan fingerprint density at radius 1 is 1.56 bits per heavy atom. The summed E-state index contributed by atoms with van der Waals surface area (Å²) in [6, 6.07) is 3.69. The van der Waals surface area contributed by atoms with E-state index in [1.807, 2.05) is 19.1 Å². The lowest BCUT2D eigenvalue weighted by atomic mass is 10.2. The van der Waals surface area contributed by atoms with Gasteiger partial charge in [0.25, 0.3) is 0 Å². The van der Waals surface area contributed by atoms with Crippen LogP contribution in [-0.4, -0.2) is 41.1 Å². The SMILES string of the molecule is CCN(C)C(=O)CNc1cc2[nH]ncc2cc1N. The van der Waals surface area contributed by atoms with E-state index in [2.05, 4.69) is 15.5 Å². The van der Waals surface area contributed by atoms with E-state index in [-0.39, 0.29) is 12.5 Å². The normalized spacial score (nSPS) is 10.6. The Balaban J connectivity index is 2.11. The summed E-state index contributed by atoms with van der Waals surface area (Å²) < 4.78 is 0. The van der Waals surface area contributed by atoms with Crippen LogP contribution in [0.3, 0.4) is 0 Å². The van der Waals surface area contributed by atoms with Crippen molar-refractivity contribution >= 4 is 28.2 Å². The molecule has 0 fully saturated rings. The van der Waals surface area contributed by atoms with E-state index in [4.69, 9.17) is 5.73 Å². The molecule has 0 saturated carbocycles. The molecular weight excluding hydrogens is 230 g/mol. The quantitative estimate of drug-likeness (QED) is 0.704. The number of benzene rings is 1. The molecule has 0 radical (unpaired) electrons. The second-order valence-corrected chi connectivity index (χ2v) is 4.16. The highest BCUT2D eigenvalue weighted by Crippen LogP contribution is 2.24. The van der Waals surface area contributed by atoms with E-state index in [0.29, 0.717) is 12.2 Å². The maximum absolute atomic E-state index is 11.7. The van der Waals surface area contributed by atoms with Crippen LogP contribution in [0.25, 0.3) is 10.9 Å². The Hall–Kier alpha value is -2.24. The second-order valence-electron chi connectivity index (χ2n) is 4.16. The van der Waals surface area contributed by atoms with Crippen LogP contribution < -0.4 is 11.1 Å². The van der Waals surface area contributed by atoms with Gasteiger partial charge in [0.05, 0.1) is 29.6 Å². The lowest BCUT2D eigenvalue weighted by Gasteiger charge is -2.16. The monoisotopic (exact) mass is 247 g/mol. The molecule has 1 aromatic carbocycles. The summed E-state index contributed by atoms with van der Waals surface area (Å²) in [5.74, 6) is 0.0293. The number of rotatable bonds is 4. The fourth-order valence-electron chi connectivity index (χ4n) is 1.64. The van der Waals surface area contributed by atoms with Gasteiger partial charge in [0.1, 0.15) is 0 Å². The third-order valence-electron chi connectivity index (χ3n) is 2.94. The van der Waals surface area contributed by atoms with Crippen LogP contribution in [0.4, 0.5) is 11.4 Å². The molecule has 0 aliphatic carbocycles. The van der Waals surface area contributed by atoms with Crippen molar-refractivity contribution in [2.45, 2.75) is 6.92 Å². The molecule has 6 nitrogen and oxygen atoms in total. The number of hydrogen-bond donors (Lipinski definition) is 3. The second kappa shape index (κ2) is 4.95. The molecule has 18 heavy (non-hydrogen) atoms. The van der Waals surface area contributed by atoms with Gasteiger partial charge < -0.3 is 16.0 Å². The maximum atomic E-state index is 11.7. The number of amides is 1. The number of aromatic nitrogens is 2. The number of nitrogens with one attached hydrogen (secondary N) is 2. The number of carbonyl (C=O) groups is 1. The maximum Gasteiger partial charge on any atom is 0.241 e. The zero-order chi connectivity index (χ0) is 13.1. The van der Waals surface area contributed by atoms with Crippen molar-refractivity contribution < 1.29 is 4.79 Å². The van der Waals surface area contributed by atoms with Crippen LogP contribution >= 0.6 is 0 Å². The molecule has 2 rings (SSSR count). The van der Waals surface area contributed by atoms with Crippen LogP contribution in [0, 0.1) is 0 Å². The average Bonchev–Trinajstić information content (AvgIpc) is 2.81. The molecule has 1 aromatic heterocycles. The van der Waals surface area contributed by atoms with Gasteiger partial charge in [-0.2, -0.15) is 5.10 Å². The summed E-state index contributed by atoms with van der Waals surface area (Å²) in [5, 5.41) is 10.8. The number of aromatic amines is 1. The number of nitrogens with zero attached hydrogens (tertiary/aromatic N) is 2. The largest absolute Gasteiger partial charge is 0.397 e. The first kappa shape index (κ1) is 12.2. The van der Waals surface area contributed by atoms with Crippen LogP contribution in [-0.2, 0) is 4.79 Å². The van der Waals surface area contributed by atoms with Gasteiger partial charge >= 0.3 is 0 Å². The van der Waals surface area contributed by atoms with Gasteiger partial charge in [0.2, 0.25) is 5.91 Å². The van der Waals surface area contributed by atoms with Gasteiger partial charge in [0.15, 0.2) is 0 Å². The first-order valence-electron chi connectivity index (χ1n) is 5.82. The minimum Gasteiger partial charge on any atom is -0.397 e. The highest BCUT2D eigenvalue weighted by molar-refractivity contribution is 5.90. The Kier molecular flexibility index (Phi) is 3.36. The molecule has 1 heterocycles. The van der Waals surface area contributed by atoms with Crippen LogP contribution in [0.15, 0.2) is 18.3 Å². The summed E-state index contributed by atoms with van der Waals surface area (Å²) in [6.45, 7) is 2.85. The lowest BCUT2D eigenvalue weighted by Crippen LogP contribution is -2.32. The third kappa shape index (κ3) is 2.37. The van der Waals surface area contributed by atoms with Crippen LogP contribution in [0.2, 0.25) is 0 Å². The Labute approximate surface area is 105 Å². The molecule has 4 N–H and O–H groups in total. The number of likely N-dealkylation sites (N-methyl/N-ethyl adjacent to an activating group) is 1. The van der Waals surface area contributed by atoms with Crippen molar-refractivity contribution in [1.29, 1.82) is 0 Å². The van der Waals surface area contributed by atoms with Crippen molar-refractivity contribution in [3.8, 4) is 0 Å². The summed E-state index contributed by atoms with van der Waals surface area (Å²) >= 11 is 0. The van der Waals surface area contributed by atoms with E-state index in [1.54, 1.807) is 18.1 Å². The number of fused-ring (bicyclic) bond motifs is 1. The molecule has 0 spiro atoms. The van der Waals surface area contributed by atoms with Crippen molar-refractivity contribution in [2.75, 3.05) is 31.2 Å².